The molecular formula is C32H36N4O8. The Morgan fingerprint density at radius 3 is 2.16 bits per heavy atom. The standard InChI is InChI=1S/C32H36N4O8/c1-32(2,3)44-31(39)34-25(30(38)42-20-22-9-7-6-8-10-22)17-21-11-14-24(15-12-21)43-28-19-23(13-16-27(28)40-4)18-26(35-36-33)29(37)41-5/h6-16,19,25-26H,17-18,20H2,1-5H3,(H,34,39)/t25-,26-/m0/s1. The Bertz CT molecular complexity index is 1470. The van der Waals surface area contributed by atoms with Gasteiger partial charge < -0.3 is 29.0 Å². The van der Waals surface area contributed by atoms with Crippen molar-refractivity contribution in [2.75, 3.05) is 14.2 Å². The van der Waals surface area contributed by atoms with Crippen LogP contribution in [-0.4, -0.2) is 49.9 Å². The zero-order chi connectivity index (χ0) is 32.1. The van der Waals surface area contributed by atoms with Gasteiger partial charge in [0.05, 0.1) is 14.2 Å². The van der Waals surface area contributed by atoms with E-state index in [9.17, 15) is 14.4 Å². The highest BCUT2D eigenvalue weighted by Gasteiger charge is 2.26. The van der Waals surface area contributed by atoms with Crippen molar-refractivity contribution in [3.05, 3.63) is 99.9 Å². The number of rotatable bonds is 13. The van der Waals surface area contributed by atoms with E-state index in [1.54, 1.807) is 63.2 Å². The molecule has 0 aromatic heterocycles. The second-order valence-corrected chi connectivity index (χ2v) is 10.7. The van der Waals surface area contributed by atoms with Gasteiger partial charge in [0.15, 0.2) is 11.5 Å². The lowest BCUT2D eigenvalue weighted by molar-refractivity contribution is -0.147. The molecule has 0 saturated heterocycles. The van der Waals surface area contributed by atoms with Crippen LogP contribution in [0.3, 0.4) is 0 Å². The zero-order valence-electron chi connectivity index (χ0n) is 25.3. The number of ether oxygens (including phenoxy) is 5. The van der Waals surface area contributed by atoms with Crippen LogP contribution in [0.2, 0.25) is 0 Å². The molecule has 12 nitrogen and oxygen atoms in total. The van der Waals surface area contributed by atoms with E-state index in [1.807, 2.05) is 30.3 Å². The summed E-state index contributed by atoms with van der Waals surface area (Å²) in [5.74, 6) is 0.0232. The Kier molecular flexibility index (Phi) is 12.0. The number of azide groups is 1. The minimum atomic E-state index is -1.04. The van der Waals surface area contributed by atoms with Gasteiger partial charge in [-0.3, -0.25) is 4.79 Å². The molecule has 0 saturated carbocycles. The molecule has 2 atom stereocenters. The van der Waals surface area contributed by atoms with Crippen LogP contribution in [-0.2, 0) is 43.2 Å². The molecule has 0 fully saturated rings. The van der Waals surface area contributed by atoms with Crippen molar-refractivity contribution < 1.29 is 38.1 Å². The van der Waals surface area contributed by atoms with E-state index in [4.69, 9.17) is 29.2 Å². The minimum absolute atomic E-state index is 0.0586. The van der Waals surface area contributed by atoms with Crippen molar-refractivity contribution in [3.63, 3.8) is 0 Å². The number of carbonyl (C=O) groups excluding carboxylic acids is 3. The van der Waals surface area contributed by atoms with Crippen LogP contribution in [0.5, 0.6) is 17.2 Å². The summed E-state index contributed by atoms with van der Waals surface area (Å²) in [6, 6.07) is 19.2. The molecule has 0 aliphatic carbocycles. The molecule has 3 rings (SSSR count). The predicted molar refractivity (Wildman–Crippen MR) is 161 cm³/mol. The van der Waals surface area contributed by atoms with Crippen LogP contribution < -0.4 is 14.8 Å². The van der Waals surface area contributed by atoms with Gasteiger partial charge in [-0.05, 0) is 73.7 Å². The first-order valence-electron chi connectivity index (χ1n) is 13.8. The van der Waals surface area contributed by atoms with Crippen LogP contribution in [0.15, 0.2) is 77.9 Å². The summed E-state index contributed by atoms with van der Waals surface area (Å²) in [6.45, 7) is 5.26. The lowest BCUT2D eigenvalue weighted by Gasteiger charge is -2.23. The molecule has 0 bridgehead atoms. The van der Waals surface area contributed by atoms with Gasteiger partial charge in [0.1, 0.15) is 30.0 Å². The first-order chi connectivity index (χ1) is 21.0. The van der Waals surface area contributed by atoms with E-state index in [0.717, 1.165) is 11.1 Å². The summed E-state index contributed by atoms with van der Waals surface area (Å²) in [6.07, 6.45) is -0.496. The van der Waals surface area contributed by atoms with Gasteiger partial charge in [0.2, 0.25) is 0 Å². The monoisotopic (exact) mass is 604 g/mol. The maximum Gasteiger partial charge on any atom is 0.408 e. The highest BCUT2D eigenvalue weighted by atomic mass is 16.6. The second-order valence-electron chi connectivity index (χ2n) is 10.7. The van der Waals surface area contributed by atoms with Gasteiger partial charge >= 0.3 is 18.0 Å². The van der Waals surface area contributed by atoms with E-state index in [-0.39, 0.29) is 19.4 Å². The number of amides is 1. The van der Waals surface area contributed by atoms with Gasteiger partial charge in [0, 0.05) is 11.3 Å². The molecule has 0 aliphatic heterocycles. The fourth-order valence-electron chi connectivity index (χ4n) is 4.05. The SMILES string of the molecule is COC(=O)[C@H](Cc1ccc(OC)c(Oc2ccc(C[C@H](NC(=O)OC(C)(C)C)C(=O)OCc3ccccc3)cc2)c1)N=[N+]=[N-]. The van der Waals surface area contributed by atoms with Crippen LogP contribution >= 0.6 is 0 Å². The normalized spacial score (nSPS) is 12.1. The maximum absolute atomic E-state index is 13.0. The van der Waals surface area contributed by atoms with Gasteiger partial charge in [0.25, 0.3) is 0 Å². The molecule has 3 aromatic carbocycles. The fourth-order valence-corrected chi connectivity index (χ4v) is 4.05. The molecule has 44 heavy (non-hydrogen) atoms. The summed E-state index contributed by atoms with van der Waals surface area (Å²) in [5, 5.41) is 6.15. The molecule has 0 spiro atoms. The predicted octanol–water partition coefficient (Wildman–Crippen LogP) is 6.06. The van der Waals surface area contributed by atoms with Crippen LogP contribution in [0.25, 0.3) is 10.4 Å². The Morgan fingerprint density at radius 2 is 1.55 bits per heavy atom. The van der Waals surface area contributed by atoms with E-state index < -0.39 is 35.7 Å². The number of nitrogens with zero attached hydrogens (tertiary/aromatic N) is 3. The number of esters is 2. The highest BCUT2D eigenvalue weighted by molar-refractivity contribution is 5.82. The molecule has 1 N–H and O–H groups in total. The quantitative estimate of drug-likeness (QED) is 0.0810. The molecule has 0 radical (unpaired) electrons. The summed E-state index contributed by atoms with van der Waals surface area (Å²) < 4.78 is 27.0. The van der Waals surface area contributed by atoms with Crippen LogP contribution in [0.1, 0.15) is 37.5 Å². The number of carbonyl (C=O) groups is 3. The summed E-state index contributed by atoms with van der Waals surface area (Å²) >= 11 is 0. The van der Waals surface area contributed by atoms with Crippen molar-refractivity contribution in [1.29, 1.82) is 0 Å². The Hall–Kier alpha value is -5.22. The summed E-state index contributed by atoms with van der Waals surface area (Å²) in [7, 11) is 2.72. The maximum atomic E-state index is 13.0. The van der Waals surface area contributed by atoms with Crippen molar-refractivity contribution in [2.45, 2.75) is 57.9 Å². The first-order valence-corrected chi connectivity index (χ1v) is 13.8. The molecule has 3 aromatic rings. The lowest BCUT2D eigenvalue weighted by Crippen LogP contribution is -2.45. The van der Waals surface area contributed by atoms with Gasteiger partial charge in [-0.25, -0.2) is 9.59 Å². The average Bonchev–Trinajstić information content (AvgIpc) is 2.99. The minimum Gasteiger partial charge on any atom is -0.493 e. The Morgan fingerprint density at radius 1 is 0.864 bits per heavy atom. The zero-order valence-corrected chi connectivity index (χ0v) is 25.3. The third-order valence-electron chi connectivity index (χ3n) is 6.11. The molecule has 1 amide bonds. The number of alkyl carbamates (subject to hydrolysis) is 1. The Labute approximate surface area is 255 Å². The van der Waals surface area contributed by atoms with Gasteiger partial charge in [-0.1, -0.05) is 53.6 Å². The number of hydrogen-bond acceptors (Lipinski definition) is 9. The fraction of sp³-hybridized carbons (Fsp3) is 0.344. The third kappa shape index (κ3) is 10.6. The van der Waals surface area contributed by atoms with Crippen molar-refractivity contribution >= 4 is 18.0 Å². The van der Waals surface area contributed by atoms with Crippen molar-refractivity contribution in [1.82, 2.24) is 5.32 Å². The largest absolute Gasteiger partial charge is 0.493 e. The van der Waals surface area contributed by atoms with Gasteiger partial charge in [-0.2, -0.15) is 0 Å². The van der Waals surface area contributed by atoms with E-state index >= 15 is 0 Å². The summed E-state index contributed by atoms with van der Waals surface area (Å²) in [4.78, 5) is 40.2. The van der Waals surface area contributed by atoms with E-state index in [0.29, 0.717) is 22.8 Å². The highest BCUT2D eigenvalue weighted by Crippen LogP contribution is 2.33. The molecule has 232 valence electrons. The Balaban J connectivity index is 1.75. The molecule has 0 unspecified atom stereocenters. The summed E-state index contributed by atoms with van der Waals surface area (Å²) in [5.41, 5.74) is 10.3. The molecule has 12 heteroatoms. The number of benzene rings is 3. The van der Waals surface area contributed by atoms with E-state index in [2.05, 4.69) is 15.3 Å². The third-order valence-corrected chi connectivity index (χ3v) is 6.11. The van der Waals surface area contributed by atoms with Crippen molar-refractivity contribution in [3.8, 4) is 17.2 Å². The first kappa shape index (κ1) is 33.3. The smallest absolute Gasteiger partial charge is 0.408 e. The van der Waals surface area contributed by atoms with E-state index in [1.165, 1.54) is 14.2 Å². The molecule has 0 aliphatic rings. The number of nitrogens with one attached hydrogen (secondary N) is 1. The number of hydrogen-bond donors (Lipinski definition) is 1. The molecule has 0 heterocycles. The molecular weight excluding hydrogens is 568 g/mol. The van der Waals surface area contributed by atoms with Crippen molar-refractivity contribution in [2.24, 2.45) is 5.11 Å². The second kappa shape index (κ2) is 15.9. The average molecular weight is 605 g/mol. The topological polar surface area (TPSA) is 158 Å². The number of methoxy groups -OCH3 is 2. The lowest BCUT2D eigenvalue weighted by atomic mass is 10.1. The van der Waals surface area contributed by atoms with Gasteiger partial charge in [-0.15, -0.1) is 0 Å². The van der Waals surface area contributed by atoms with Crippen LogP contribution in [0, 0.1) is 0 Å². The van der Waals surface area contributed by atoms with Crippen LogP contribution in [0.4, 0.5) is 4.79 Å².